The summed E-state index contributed by atoms with van der Waals surface area (Å²) in [4.78, 5) is 4.73. The number of pyridine rings is 1. The van der Waals surface area contributed by atoms with Crippen molar-refractivity contribution in [3.63, 3.8) is 0 Å². The number of aromatic nitrogens is 3. The summed E-state index contributed by atoms with van der Waals surface area (Å²) in [6.07, 6.45) is 2.00. The Bertz CT molecular complexity index is 1040. The number of rotatable bonds is 9. The Morgan fingerprint density at radius 1 is 1.32 bits per heavy atom. The number of nitrogens with one attached hydrogen (secondary N) is 3. The van der Waals surface area contributed by atoms with Crippen molar-refractivity contribution in [2.24, 2.45) is 0 Å². The van der Waals surface area contributed by atoms with Gasteiger partial charge in [0.05, 0.1) is 48.3 Å². The SMILES string of the molecule is C=C(Nc1cc2[nH]nc(OC)c2c(CO[C@@H]2CCC[C@@H]2O)n1)N[C@H](C)c1ccccc1. The number of aliphatic hydroxyl groups excluding tert-OH is 1. The van der Waals surface area contributed by atoms with Crippen LogP contribution in [0.25, 0.3) is 10.9 Å². The Kier molecular flexibility index (Phi) is 6.39. The highest BCUT2D eigenvalue weighted by molar-refractivity contribution is 5.88. The van der Waals surface area contributed by atoms with Crippen molar-refractivity contribution in [3.8, 4) is 5.88 Å². The molecule has 0 spiro atoms. The van der Waals surface area contributed by atoms with Gasteiger partial charge in [-0.2, -0.15) is 0 Å². The largest absolute Gasteiger partial charge is 0.479 e. The van der Waals surface area contributed by atoms with Gasteiger partial charge in [0.2, 0.25) is 5.88 Å². The predicted molar refractivity (Wildman–Crippen MR) is 120 cm³/mol. The number of benzene rings is 1. The molecule has 4 N–H and O–H groups in total. The third-order valence-corrected chi connectivity index (χ3v) is 5.60. The molecule has 8 heteroatoms. The lowest BCUT2D eigenvalue weighted by molar-refractivity contribution is -0.0279. The van der Waals surface area contributed by atoms with Crippen LogP contribution in [0.1, 0.15) is 43.5 Å². The van der Waals surface area contributed by atoms with Crippen LogP contribution in [-0.4, -0.2) is 39.6 Å². The van der Waals surface area contributed by atoms with Gasteiger partial charge in [-0.25, -0.2) is 4.98 Å². The highest BCUT2D eigenvalue weighted by atomic mass is 16.5. The summed E-state index contributed by atoms with van der Waals surface area (Å²) in [5.41, 5.74) is 2.63. The number of aliphatic hydroxyl groups is 1. The summed E-state index contributed by atoms with van der Waals surface area (Å²) in [5.74, 6) is 1.71. The minimum Gasteiger partial charge on any atom is -0.479 e. The van der Waals surface area contributed by atoms with Crippen molar-refractivity contribution < 1.29 is 14.6 Å². The number of hydrogen-bond acceptors (Lipinski definition) is 7. The minimum atomic E-state index is -0.425. The molecular formula is C23H29N5O3. The van der Waals surface area contributed by atoms with Crippen molar-refractivity contribution in [3.05, 3.63) is 60.1 Å². The van der Waals surface area contributed by atoms with E-state index >= 15 is 0 Å². The number of hydrogen-bond donors (Lipinski definition) is 4. The molecule has 4 rings (SSSR count). The van der Waals surface area contributed by atoms with Gasteiger partial charge in [-0.05, 0) is 31.7 Å². The Morgan fingerprint density at radius 2 is 2.13 bits per heavy atom. The predicted octanol–water partition coefficient (Wildman–Crippen LogP) is 3.63. The van der Waals surface area contributed by atoms with Crippen LogP contribution in [0.2, 0.25) is 0 Å². The highest BCUT2D eigenvalue weighted by Gasteiger charge is 2.26. The first-order valence-electron chi connectivity index (χ1n) is 10.5. The minimum absolute atomic E-state index is 0.0869. The fourth-order valence-electron chi connectivity index (χ4n) is 3.97. The molecule has 2 aromatic heterocycles. The van der Waals surface area contributed by atoms with Crippen LogP contribution in [0, 0.1) is 0 Å². The average molecular weight is 424 g/mol. The number of methoxy groups -OCH3 is 1. The molecule has 0 amide bonds. The molecule has 2 heterocycles. The molecule has 8 nitrogen and oxygen atoms in total. The van der Waals surface area contributed by atoms with Gasteiger partial charge >= 0.3 is 0 Å². The normalized spacial score (nSPS) is 19.3. The summed E-state index contributed by atoms with van der Waals surface area (Å²) in [6, 6.07) is 12.1. The van der Waals surface area contributed by atoms with Crippen LogP contribution in [0.15, 0.2) is 48.8 Å². The molecule has 1 aliphatic rings. The summed E-state index contributed by atoms with van der Waals surface area (Å²) in [7, 11) is 1.57. The number of anilines is 1. The van der Waals surface area contributed by atoms with E-state index in [-0.39, 0.29) is 18.8 Å². The van der Waals surface area contributed by atoms with Gasteiger partial charge in [-0.15, -0.1) is 5.10 Å². The summed E-state index contributed by atoms with van der Waals surface area (Å²) >= 11 is 0. The lowest BCUT2D eigenvalue weighted by Crippen LogP contribution is -2.23. The van der Waals surface area contributed by atoms with E-state index in [0.29, 0.717) is 23.2 Å². The van der Waals surface area contributed by atoms with Gasteiger partial charge in [0, 0.05) is 12.1 Å². The van der Waals surface area contributed by atoms with E-state index < -0.39 is 6.10 Å². The van der Waals surface area contributed by atoms with E-state index in [9.17, 15) is 5.11 Å². The van der Waals surface area contributed by atoms with Gasteiger partial charge in [0.25, 0.3) is 0 Å². The Balaban J connectivity index is 1.51. The van der Waals surface area contributed by atoms with Crippen molar-refractivity contribution in [2.45, 2.75) is 51.0 Å². The fraction of sp³-hybridized carbons (Fsp3) is 0.391. The van der Waals surface area contributed by atoms with Crippen LogP contribution < -0.4 is 15.4 Å². The van der Waals surface area contributed by atoms with Crippen molar-refractivity contribution >= 4 is 16.7 Å². The van der Waals surface area contributed by atoms with Crippen LogP contribution in [0.5, 0.6) is 5.88 Å². The monoisotopic (exact) mass is 423 g/mol. The zero-order valence-electron chi connectivity index (χ0n) is 17.9. The molecule has 3 atom stereocenters. The third kappa shape index (κ3) is 4.81. The first-order chi connectivity index (χ1) is 15.0. The molecule has 1 fully saturated rings. The van der Waals surface area contributed by atoms with Crippen LogP contribution in [0.4, 0.5) is 5.82 Å². The summed E-state index contributed by atoms with van der Waals surface area (Å²) < 4.78 is 11.4. The summed E-state index contributed by atoms with van der Waals surface area (Å²) in [5, 5.41) is 24.6. The molecule has 3 aromatic rings. The van der Waals surface area contributed by atoms with Gasteiger partial charge in [-0.3, -0.25) is 5.10 Å². The van der Waals surface area contributed by atoms with Crippen LogP contribution in [-0.2, 0) is 11.3 Å². The van der Waals surface area contributed by atoms with E-state index in [1.54, 1.807) is 7.11 Å². The molecular weight excluding hydrogens is 394 g/mol. The highest BCUT2D eigenvalue weighted by Crippen LogP contribution is 2.30. The molecule has 31 heavy (non-hydrogen) atoms. The van der Waals surface area contributed by atoms with Gasteiger partial charge in [-0.1, -0.05) is 36.9 Å². The fourth-order valence-corrected chi connectivity index (χ4v) is 3.97. The molecule has 0 aliphatic heterocycles. The maximum atomic E-state index is 10.1. The van der Waals surface area contributed by atoms with E-state index in [2.05, 4.69) is 46.5 Å². The number of nitrogens with zero attached hydrogens (tertiary/aromatic N) is 2. The van der Waals surface area contributed by atoms with Crippen LogP contribution >= 0.6 is 0 Å². The topological polar surface area (TPSA) is 104 Å². The van der Waals surface area contributed by atoms with Gasteiger partial charge < -0.3 is 25.2 Å². The number of fused-ring (bicyclic) bond motifs is 1. The second-order valence-electron chi connectivity index (χ2n) is 7.84. The van der Waals surface area contributed by atoms with E-state index in [1.165, 1.54) is 0 Å². The lowest BCUT2D eigenvalue weighted by atomic mass is 10.1. The van der Waals surface area contributed by atoms with Crippen molar-refractivity contribution in [1.82, 2.24) is 20.5 Å². The number of H-pyrrole nitrogens is 1. The molecule has 164 valence electrons. The Hall–Kier alpha value is -3.10. The average Bonchev–Trinajstić information content (AvgIpc) is 3.38. The van der Waals surface area contributed by atoms with Gasteiger partial charge in [0.15, 0.2) is 0 Å². The summed E-state index contributed by atoms with van der Waals surface area (Å²) in [6.45, 7) is 6.42. The second kappa shape index (κ2) is 9.36. The van der Waals surface area contributed by atoms with Gasteiger partial charge in [0.1, 0.15) is 5.82 Å². The first-order valence-corrected chi connectivity index (χ1v) is 10.5. The van der Waals surface area contributed by atoms with Crippen LogP contribution in [0.3, 0.4) is 0 Å². The second-order valence-corrected chi connectivity index (χ2v) is 7.84. The van der Waals surface area contributed by atoms with E-state index in [0.717, 1.165) is 35.7 Å². The quantitative estimate of drug-likeness (QED) is 0.417. The number of aromatic amines is 1. The third-order valence-electron chi connectivity index (χ3n) is 5.60. The van der Waals surface area contributed by atoms with Crippen molar-refractivity contribution in [1.29, 1.82) is 0 Å². The lowest BCUT2D eigenvalue weighted by Gasteiger charge is -2.19. The molecule has 1 aliphatic carbocycles. The molecule has 1 aromatic carbocycles. The maximum Gasteiger partial charge on any atom is 0.242 e. The molecule has 0 radical (unpaired) electrons. The number of ether oxygens (including phenoxy) is 2. The Labute approximate surface area is 181 Å². The molecule has 0 unspecified atom stereocenters. The Morgan fingerprint density at radius 3 is 2.84 bits per heavy atom. The van der Waals surface area contributed by atoms with E-state index in [1.807, 2.05) is 24.3 Å². The molecule has 1 saturated carbocycles. The van der Waals surface area contributed by atoms with Crippen molar-refractivity contribution in [2.75, 3.05) is 12.4 Å². The smallest absolute Gasteiger partial charge is 0.242 e. The standard InChI is InChI=1S/C23H29N5O3/c1-14(16-8-5-4-6-9-16)24-15(2)25-21-12-17-22(23(30-3)28-27-17)18(26-21)13-31-20-11-7-10-19(20)29/h4-6,8-9,12,14,19-20,24,29H,2,7,10-11,13H2,1,3H3,(H,25,26)(H,27,28)/t14-,19+,20-/m1/s1. The zero-order chi connectivity index (χ0) is 21.8. The zero-order valence-corrected chi connectivity index (χ0v) is 17.9. The maximum absolute atomic E-state index is 10.1. The molecule has 0 bridgehead atoms. The first kappa shape index (κ1) is 21.1. The van der Waals surface area contributed by atoms with E-state index in [4.69, 9.17) is 14.5 Å². The molecule has 0 saturated heterocycles.